The minimum Gasteiger partial charge on any atom is -0.480 e. The number of hydrogen-bond acceptors (Lipinski definition) is 6. The number of aromatic nitrogens is 1. The molecule has 1 N–H and O–H groups in total. The van der Waals surface area contributed by atoms with Gasteiger partial charge in [-0.05, 0) is 6.92 Å². The average Bonchev–Trinajstić information content (AvgIpc) is 2.80. The second-order valence-corrected chi connectivity index (χ2v) is 6.59. The van der Waals surface area contributed by atoms with Crippen LogP contribution in [0.25, 0.3) is 11.5 Å². The van der Waals surface area contributed by atoms with Crippen molar-refractivity contribution in [2.75, 3.05) is 6.54 Å². The summed E-state index contributed by atoms with van der Waals surface area (Å²) < 4.78 is 1.96. The molecule has 1 aromatic rings. The Balaban J connectivity index is 2.72. The lowest BCUT2D eigenvalue weighted by Crippen LogP contribution is -2.35. The Kier molecular flexibility index (Phi) is 4.11. The largest absolute Gasteiger partial charge is 0.480 e. The van der Waals surface area contributed by atoms with Crippen LogP contribution in [0.1, 0.15) is 6.92 Å². The van der Waals surface area contributed by atoms with Crippen LogP contribution in [0, 0.1) is 0 Å². The van der Waals surface area contributed by atoms with Gasteiger partial charge in [-0.15, -0.1) is 11.3 Å². The monoisotopic (exact) mass is 330 g/mol. The Morgan fingerprint density at radius 3 is 2.60 bits per heavy atom. The fourth-order valence-electron chi connectivity index (χ4n) is 1.71. The predicted molar refractivity (Wildman–Crippen MR) is 82.0 cm³/mol. The van der Waals surface area contributed by atoms with Crippen LogP contribution in [-0.2, 0) is 16.1 Å². The highest BCUT2D eigenvalue weighted by Crippen LogP contribution is 2.30. The van der Waals surface area contributed by atoms with Crippen LogP contribution in [0.3, 0.4) is 0 Å². The summed E-state index contributed by atoms with van der Waals surface area (Å²) in [7, 11) is 0. The Morgan fingerprint density at radius 1 is 1.45 bits per heavy atom. The van der Waals surface area contributed by atoms with Crippen LogP contribution >= 0.6 is 35.3 Å². The Bertz CT molecular complexity index is 777. The molecule has 106 valence electrons. The molecule has 0 spiro atoms. The first-order valence-electron chi connectivity index (χ1n) is 5.55. The van der Waals surface area contributed by atoms with Gasteiger partial charge in [0.15, 0.2) is 0 Å². The Morgan fingerprint density at radius 2 is 2.10 bits per heavy atom. The van der Waals surface area contributed by atoms with Crippen molar-refractivity contribution < 1.29 is 14.7 Å². The van der Waals surface area contributed by atoms with E-state index in [9.17, 15) is 14.4 Å². The first kappa shape index (κ1) is 14.9. The molecule has 0 aliphatic carbocycles. The molecule has 1 amide bonds. The molecule has 20 heavy (non-hydrogen) atoms. The molecular weight excluding hydrogens is 320 g/mol. The maximum absolute atomic E-state index is 12.2. The molecular formula is C11H10N2O4S3. The number of carboxylic acid groups (broad SMARTS) is 1. The summed E-state index contributed by atoms with van der Waals surface area (Å²) in [6.07, 6.45) is 0. The molecule has 2 heterocycles. The van der Waals surface area contributed by atoms with Gasteiger partial charge in [0.25, 0.3) is 11.5 Å². The zero-order chi connectivity index (χ0) is 15.0. The normalized spacial score (nSPS) is 17.9. The van der Waals surface area contributed by atoms with E-state index < -0.39 is 18.1 Å². The maximum Gasteiger partial charge on any atom is 0.323 e. The van der Waals surface area contributed by atoms with Crippen molar-refractivity contribution in [3.63, 3.8) is 0 Å². The number of nitrogens with zero attached hydrogens (tertiary/aromatic N) is 2. The smallest absolute Gasteiger partial charge is 0.323 e. The van der Waals surface area contributed by atoms with E-state index >= 15 is 0 Å². The van der Waals surface area contributed by atoms with E-state index in [0.717, 1.165) is 27.7 Å². The highest BCUT2D eigenvalue weighted by molar-refractivity contribution is 8.30. The summed E-state index contributed by atoms with van der Waals surface area (Å²) in [6.45, 7) is 5.29. The van der Waals surface area contributed by atoms with Crippen LogP contribution in [0.4, 0.5) is 0 Å². The fraction of sp³-hybridized carbons (Fsp3) is 0.273. The van der Waals surface area contributed by atoms with Crippen molar-refractivity contribution in [1.29, 1.82) is 0 Å². The standard InChI is InChI=1S/C11H10N2O4S3/c1-3-12-9(17)7(20-11(12)18)10-13(4-6(14)15)8(16)5(2)19-10/h2-4H2,1H3,(H,14,15)/b10-7+. The first-order valence-corrected chi connectivity index (χ1v) is 7.59. The van der Waals surface area contributed by atoms with Crippen molar-refractivity contribution >= 4 is 63.0 Å². The van der Waals surface area contributed by atoms with E-state index in [-0.39, 0.29) is 15.3 Å². The number of hydrogen-bond donors (Lipinski definition) is 1. The van der Waals surface area contributed by atoms with E-state index in [2.05, 4.69) is 6.58 Å². The Labute approximate surface area is 127 Å². The van der Waals surface area contributed by atoms with Crippen LogP contribution in [0.5, 0.6) is 0 Å². The predicted octanol–water partition coefficient (Wildman–Crippen LogP) is -0.607. The maximum atomic E-state index is 12.2. The fourth-order valence-corrected chi connectivity index (χ4v) is 4.18. The van der Waals surface area contributed by atoms with Gasteiger partial charge >= 0.3 is 5.97 Å². The third-order valence-corrected chi connectivity index (χ3v) is 5.21. The van der Waals surface area contributed by atoms with Gasteiger partial charge in [0.2, 0.25) is 0 Å². The Hall–Kier alpha value is -1.45. The minimum absolute atomic E-state index is 0.197. The van der Waals surface area contributed by atoms with E-state index in [1.807, 2.05) is 0 Å². The summed E-state index contributed by atoms with van der Waals surface area (Å²) in [5.41, 5.74) is -0.492. The van der Waals surface area contributed by atoms with Crippen molar-refractivity contribution in [3.05, 3.63) is 19.5 Å². The van der Waals surface area contributed by atoms with Crippen LogP contribution in [0.2, 0.25) is 0 Å². The third kappa shape index (κ3) is 2.43. The average molecular weight is 330 g/mol. The molecule has 0 unspecified atom stereocenters. The summed E-state index contributed by atoms with van der Waals surface area (Å²) >= 11 is 7.18. The molecule has 6 nitrogen and oxygen atoms in total. The number of thiocarbonyl (C=S) groups is 1. The van der Waals surface area contributed by atoms with Crippen molar-refractivity contribution in [2.45, 2.75) is 13.5 Å². The lowest BCUT2D eigenvalue weighted by atomic mass is 10.5. The number of thiazole rings is 1. The second kappa shape index (κ2) is 5.51. The summed E-state index contributed by atoms with van der Waals surface area (Å²) in [5.74, 6) is -1.46. The highest BCUT2D eigenvalue weighted by atomic mass is 32.2. The number of carbonyl (C=O) groups excluding carboxylic acids is 1. The van der Waals surface area contributed by atoms with E-state index in [0.29, 0.717) is 15.5 Å². The summed E-state index contributed by atoms with van der Waals surface area (Å²) in [4.78, 5) is 36.6. The van der Waals surface area contributed by atoms with Gasteiger partial charge < -0.3 is 5.11 Å². The van der Waals surface area contributed by atoms with Crippen LogP contribution in [0.15, 0.2) is 4.79 Å². The van der Waals surface area contributed by atoms with E-state index in [1.54, 1.807) is 6.92 Å². The van der Waals surface area contributed by atoms with Gasteiger partial charge in [-0.1, -0.05) is 30.6 Å². The number of carboxylic acids is 1. The van der Waals surface area contributed by atoms with Crippen molar-refractivity contribution in [3.8, 4) is 0 Å². The number of carbonyl (C=O) groups is 2. The molecule has 1 aliphatic heterocycles. The molecule has 0 atom stereocenters. The number of thioether (sulfide) groups is 1. The van der Waals surface area contributed by atoms with Gasteiger partial charge in [0, 0.05) is 6.54 Å². The molecule has 1 fully saturated rings. The van der Waals surface area contributed by atoms with Crippen molar-refractivity contribution in [2.24, 2.45) is 0 Å². The zero-order valence-corrected chi connectivity index (χ0v) is 12.9. The van der Waals surface area contributed by atoms with Gasteiger partial charge in [0.05, 0.1) is 4.53 Å². The first-order chi connectivity index (χ1) is 9.36. The van der Waals surface area contributed by atoms with Gasteiger partial charge in [-0.25, -0.2) is 0 Å². The summed E-state index contributed by atoms with van der Waals surface area (Å²) in [6, 6.07) is 0. The van der Waals surface area contributed by atoms with E-state index in [4.69, 9.17) is 17.3 Å². The third-order valence-electron chi connectivity index (χ3n) is 2.60. The second-order valence-electron chi connectivity index (χ2n) is 3.86. The molecule has 2 rings (SSSR count). The molecule has 0 saturated carbocycles. The molecule has 0 bridgehead atoms. The van der Waals surface area contributed by atoms with E-state index in [1.165, 1.54) is 4.90 Å². The van der Waals surface area contributed by atoms with Crippen molar-refractivity contribution in [1.82, 2.24) is 9.47 Å². The molecule has 1 saturated heterocycles. The SMILES string of the molecule is C=c1s/c(=C2/SC(=S)N(CC)C2=O)n(CC(=O)O)c1=O. The molecule has 0 aromatic carbocycles. The lowest BCUT2D eigenvalue weighted by Gasteiger charge is -2.09. The minimum atomic E-state index is -1.16. The number of amides is 1. The quantitative estimate of drug-likeness (QED) is 0.745. The van der Waals surface area contributed by atoms with Gasteiger partial charge in [-0.3, -0.25) is 23.9 Å². The van der Waals surface area contributed by atoms with Gasteiger partial charge in [-0.2, -0.15) is 0 Å². The number of aliphatic carboxylic acids is 1. The molecule has 9 heteroatoms. The number of rotatable bonds is 3. The lowest BCUT2D eigenvalue weighted by molar-refractivity contribution is -0.137. The molecule has 1 aliphatic rings. The molecule has 0 radical (unpaired) electrons. The topological polar surface area (TPSA) is 79.6 Å². The highest BCUT2D eigenvalue weighted by Gasteiger charge is 2.32. The summed E-state index contributed by atoms with van der Waals surface area (Å²) in [5, 5.41) is 8.87. The van der Waals surface area contributed by atoms with Gasteiger partial charge in [0.1, 0.15) is 20.4 Å². The zero-order valence-electron chi connectivity index (χ0n) is 10.4. The van der Waals surface area contributed by atoms with Crippen LogP contribution < -0.4 is 14.8 Å². The molecule has 1 aromatic heterocycles. The van der Waals surface area contributed by atoms with Crippen LogP contribution in [-0.4, -0.2) is 37.3 Å².